The van der Waals surface area contributed by atoms with Gasteiger partial charge in [-0.25, -0.2) is 0 Å². The SMILES string of the molecule is CCS(=O)(=O)OCCCC(C)OS(=O)(=O)CC. The van der Waals surface area contributed by atoms with Crippen LogP contribution >= 0.6 is 0 Å². The first-order valence-electron chi connectivity index (χ1n) is 5.50. The molecule has 0 saturated carbocycles. The van der Waals surface area contributed by atoms with E-state index in [9.17, 15) is 16.8 Å². The van der Waals surface area contributed by atoms with Crippen LogP contribution in [0.2, 0.25) is 0 Å². The van der Waals surface area contributed by atoms with Gasteiger partial charge in [-0.15, -0.1) is 0 Å². The van der Waals surface area contributed by atoms with E-state index in [1.165, 1.54) is 13.8 Å². The molecule has 8 heteroatoms. The topological polar surface area (TPSA) is 86.7 Å². The van der Waals surface area contributed by atoms with Crippen LogP contribution < -0.4 is 0 Å². The fourth-order valence-corrected chi connectivity index (χ4v) is 2.28. The van der Waals surface area contributed by atoms with Crippen LogP contribution in [-0.2, 0) is 28.6 Å². The highest BCUT2D eigenvalue weighted by atomic mass is 32.2. The third-order valence-electron chi connectivity index (χ3n) is 2.04. The maximum Gasteiger partial charge on any atom is 0.267 e. The molecule has 0 saturated heterocycles. The van der Waals surface area contributed by atoms with Crippen LogP contribution in [0.25, 0.3) is 0 Å². The van der Waals surface area contributed by atoms with Gasteiger partial charge in [0, 0.05) is 0 Å². The zero-order chi connectivity index (χ0) is 13.5. The zero-order valence-electron chi connectivity index (χ0n) is 10.4. The summed E-state index contributed by atoms with van der Waals surface area (Å²) in [6, 6.07) is 0. The first kappa shape index (κ1) is 16.8. The van der Waals surface area contributed by atoms with E-state index in [1.807, 2.05) is 0 Å². The Hall–Kier alpha value is -0.180. The van der Waals surface area contributed by atoms with Gasteiger partial charge in [-0.3, -0.25) is 8.37 Å². The molecule has 0 N–H and O–H groups in total. The maximum absolute atomic E-state index is 11.1. The average Bonchev–Trinajstić information content (AvgIpc) is 2.24. The summed E-state index contributed by atoms with van der Waals surface area (Å²) in [4.78, 5) is 0. The quantitative estimate of drug-likeness (QED) is 0.462. The fourth-order valence-electron chi connectivity index (χ4n) is 1.01. The molecule has 0 rings (SSSR count). The second kappa shape index (κ2) is 7.30. The minimum atomic E-state index is -3.45. The van der Waals surface area contributed by atoms with Crippen molar-refractivity contribution in [1.29, 1.82) is 0 Å². The Bertz CT molecular complexity index is 397. The summed E-state index contributed by atoms with van der Waals surface area (Å²) in [6.45, 7) is 4.67. The van der Waals surface area contributed by atoms with Gasteiger partial charge in [0.15, 0.2) is 0 Å². The van der Waals surface area contributed by atoms with Gasteiger partial charge in [0.25, 0.3) is 20.2 Å². The van der Waals surface area contributed by atoms with E-state index in [4.69, 9.17) is 4.18 Å². The zero-order valence-corrected chi connectivity index (χ0v) is 12.0. The van der Waals surface area contributed by atoms with Gasteiger partial charge in [-0.05, 0) is 33.6 Å². The first-order valence-corrected chi connectivity index (χ1v) is 8.66. The molecular formula is C9H20O6S2. The van der Waals surface area contributed by atoms with E-state index >= 15 is 0 Å². The van der Waals surface area contributed by atoms with Crippen molar-refractivity contribution in [2.45, 2.75) is 39.7 Å². The second-order valence-electron chi connectivity index (χ2n) is 3.56. The van der Waals surface area contributed by atoms with E-state index in [-0.39, 0.29) is 18.1 Å². The summed E-state index contributed by atoms with van der Waals surface area (Å²) in [6.07, 6.45) is 0.394. The molecule has 0 aromatic rings. The predicted molar refractivity (Wildman–Crippen MR) is 64.7 cm³/mol. The van der Waals surface area contributed by atoms with E-state index in [0.717, 1.165) is 0 Å². The Kier molecular flexibility index (Phi) is 7.22. The largest absolute Gasteiger partial charge is 0.270 e. The number of hydrogen-bond donors (Lipinski definition) is 0. The summed E-state index contributed by atoms with van der Waals surface area (Å²) in [5, 5.41) is 0. The van der Waals surface area contributed by atoms with Crippen molar-refractivity contribution < 1.29 is 25.2 Å². The predicted octanol–water partition coefficient (Wildman–Crippen LogP) is 0.888. The Labute approximate surface area is 104 Å². The normalized spacial score (nSPS) is 14.8. The monoisotopic (exact) mass is 288 g/mol. The van der Waals surface area contributed by atoms with Crippen molar-refractivity contribution >= 4 is 20.2 Å². The molecule has 0 aromatic heterocycles. The van der Waals surface area contributed by atoms with Gasteiger partial charge in [-0.1, -0.05) is 0 Å². The van der Waals surface area contributed by atoms with Crippen molar-refractivity contribution in [2.75, 3.05) is 18.1 Å². The molecule has 0 aliphatic carbocycles. The van der Waals surface area contributed by atoms with E-state index in [0.29, 0.717) is 12.8 Å². The van der Waals surface area contributed by atoms with Crippen LogP contribution in [0, 0.1) is 0 Å². The van der Waals surface area contributed by atoms with E-state index in [2.05, 4.69) is 4.18 Å². The average molecular weight is 288 g/mol. The van der Waals surface area contributed by atoms with Crippen molar-refractivity contribution in [3.05, 3.63) is 0 Å². The van der Waals surface area contributed by atoms with Crippen molar-refractivity contribution in [2.24, 2.45) is 0 Å². The fraction of sp³-hybridized carbons (Fsp3) is 1.00. The molecule has 0 spiro atoms. The molecule has 17 heavy (non-hydrogen) atoms. The van der Waals surface area contributed by atoms with Gasteiger partial charge >= 0.3 is 0 Å². The minimum Gasteiger partial charge on any atom is -0.270 e. The van der Waals surface area contributed by atoms with E-state index < -0.39 is 26.3 Å². The highest BCUT2D eigenvalue weighted by molar-refractivity contribution is 7.86. The second-order valence-corrected chi connectivity index (χ2v) is 7.38. The van der Waals surface area contributed by atoms with Gasteiger partial charge < -0.3 is 0 Å². The molecule has 0 bridgehead atoms. The molecule has 0 fully saturated rings. The van der Waals surface area contributed by atoms with Gasteiger partial charge in [0.05, 0.1) is 24.2 Å². The lowest BCUT2D eigenvalue weighted by Gasteiger charge is -2.11. The van der Waals surface area contributed by atoms with Crippen LogP contribution in [0.1, 0.15) is 33.6 Å². The van der Waals surface area contributed by atoms with Crippen LogP contribution in [0.3, 0.4) is 0 Å². The first-order chi connectivity index (χ1) is 7.72. The molecule has 0 aliphatic rings. The van der Waals surface area contributed by atoms with Gasteiger partial charge in [0.1, 0.15) is 0 Å². The third kappa shape index (κ3) is 8.53. The molecule has 0 aromatic carbocycles. The van der Waals surface area contributed by atoms with Crippen molar-refractivity contribution in [1.82, 2.24) is 0 Å². The highest BCUT2D eigenvalue weighted by Gasteiger charge is 2.14. The van der Waals surface area contributed by atoms with E-state index in [1.54, 1.807) is 6.92 Å². The number of hydrogen-bond acceptors (Lipinski definition) is 6. The van der Waals surface area contributed by atoms with Crippen molar-refractivity contribution in [3.63, 3.8) is 0 Å². The molecule has 6 nitrogen and oxygen atoms in total. The summed E-state index contributed by atoms with van der Waals surface area (Å²) in [5.74, 6) is -0.138. The Morgan fingerprint density at radius 1 is 1.00 bits per heavy atom. The number of rotatable bonds is 9. The minimum absolute atomic E-state index is 0.0516. The smallest absolute Gasteiger partial charge is 0.267 e. The lowest BCUT2D eigenvalue weighted by Crippen LogP contribution is -2.18. The molecule has 104 valence electrons. The van der Waals surface area contributed by atoms with Gasteiger partial charge in [0.2, 0.25) is 0 Å². The van der Waals surface area contributed by atoms with Crippen LogP contribution in [0.4, 0.5) is 0 Å². The van der Waals surface area contributed by atoms with Crippen LogP contribution in [-0.4, -0.2) is 41.1 Å². The summed E-state index contributed by atoms with van der Waals surface area (Å²) in [5.41, 5.74) is 0. The summed E-state index contributed by atoms with van der Waals surface area (Å²) < 4.78 is 53.6. The van der Waals surface area contributed by atoms with Crippen LogP contribution in [0.5, 0.6) is 0 Å². The molecule has 1 unspecified atom stereocenters. The lowest BCUT2D eigenvalue weighted by atomic mass is 10.2. The Balaban J connectivity index is 3.84. The summed E-state index contributed by atoms with van der Waals surface area (Å²) in [7, 11) is -6.86. The third-order valence-corrected chi connectivity index (χ3v) is 4.60. The van der Waals surface area contributed by atoms with Crippen molar-refractivity contribution in [3.8, 4) is 0 Å². The highest BCUT2D eigenvalue weighted by Crippen LogP contribution is 2.07. The summed E-state index contributed by atoms with van der Waals surface area (Å²) >= 11 is 0. The molecule has 0 radical (unpaired) electrons. The Morgan fingerprint density at radius 3 is 2.00 bits per heavy atom. The lowest BCUT2D eigenvalue weighted by molar-refractivity contribution is 0.201. The van der Waals surface area contributed by atoms with Crippen LogP contribution in [0.15, 0.2) is 0 Å². The molecule has 0 heterocycles. The Morgan fingerprint density at radius 2 is 1.53 bits per heavy atom. The molecule has 1 atom stereocenters. The molecule has 0 aliphatic heterocycles. The maximum atomic E-state index is 11.1. The molecule has 0 amide bonds. The van der Waals surface area contributed by atoms with Gasteiger partial charge in [-0.2, -0.15) is 16.8 Å². The molecular weight excluding hydrogens is 268 g/mol. The standard InChI is InChI=1S/C9H20O6S2/c1-4-16(10,11)14-8-6-7-9(3)15-17(12,13)5-2/h9H,4-8H2,1-3H3.